The van der Waals surface area contributed by atoms with E-state index in [-0.39, 0.29) is 30.9 Å². The molecule has 0 saturated carbocycles. The van der Waals surface area contributed by atoms with E-state index in [0.717, 1.165) is 4.57 Å². The van der Waals surface area contributed by atoms with Crippen molar-refractivity contribution in [3.63, 3.8) is 0 Å². The van der Waals surface area contributed by atoms with Crippen LogP contribution in [0.4, 0.5) is 0 Å². The van der Waals surface area contributed by atoms with Crippen molar-refractivity contribution in [1.29, 1.82) is 0 Å². The molecular weight excluding hydrogens is 364 g/mol. The molecule has 0 saturated heterocycles. The normalized spacial score (nSPS) is 10.8. The van der Waals surface area contributed by atoms with E-state index in [2.05, 4.69) is 11.6 Å². The van der Waals surface area contributed by atoms with Gasteiger partial charge < -0.3 is 14.0 Å². The Morgan fingerprint density at radius 3 is 2.79 bits per heavy atom. The van der Waals surface area contributed by atoms with Gasteiger partial charge >= 0.3 is 11.7 Å². The fourth-order valence-corrected chi connectivity index (χ4v) is 2.92. The van der Waals surface area contributed by atoms with Crippen molar-refractivity contribution in [2.24, 2.45) is 0 Å². The summed E-state index contributed by atoms with van der Waals surface area (Å²) in [5.41, 5.74) is -0.369. The van der Waals surface area contributed by atoms with E-state index in [0.29, 0.717) is 11.4 Å². The first-order chi connectivity index (χ1) is 13.5. The lowest BCUT2D eigenvalue weighted by molar-refractivity contribution is -0.143. The number of imidazole rings is 1. The molecule has 9 nitrogen and oxygen atoms in total. The molecule has 0 aliphatic rings. The third-order valence-electron chi connectivity index (χ3n) is 4.13. The predicted molar refractivity (Wildman–Crippen MR) is 103 cm³/mol. The van der Waals surface area contributed by atoms with Gasteiger partial charge in [-0.25, -0.2) is 14.3 Å². The minimum Gasteiger partial charge on any atom is -0.497 e. The third-order valence-corrected chi connectivity index (χ3v) is 4.13. The summed E-state index contributed by atoms with van der Waals surface area (Å²) in [6.45, 7) is 5.35. The zero-order valence-corrected chi connectivity index (χ0v) is 15.6. The van der Waals surface area contributed by atoms with E-state index in [1.807, 2.05) is 0 Å². The number of fused-ring (bicyclic) bond motifs is 1. The van der Waals surface area contributed by atoms with Crippen LogP contribution < -0.4 is 16.0 Å². The average molecular weight is 384 g/mol. The molecular formula is C19H20N4O5. The number of esters is 1. The van der Waals surface area contributed by atoms with Gasteiger partial charge in [-0.15, -0.1) is 6.58 Å². The zero-order chi connectivity index (χ0) is 20.3. The van der Waals surface area contributed by atoms with Gasteiger partial charge in [-0.3, -0.25) is 14.2 Å². The van der Waals surface area contributed by atoms with Crippen LogP contribution in [-0.4, -0.2) is 38.4 Å². The van der Waals surface area contributed by atoms with Crippen molar-refractivity contribution in [2.45, 2.75) is 20.0 Å². The second-order valence-corrected chi connectivity index (χ2v) is 5.87. The third kappa shape index (κ3) is 3.34. The predicted octanol–water partition coefficient (Wildman–Crippen LogP) is 1.11. The smallest absolute Gasteiger partial charge is 0.337 e. The minimum absolute atomic E-state index is 0.0160. The quantitative estimate of drug-likeness (QED) is 0.447. The average Bonchev–Trinajstić information content (AvgIpc) is 3.09. The first kappa shape index (κ1) is 19.2. The summed E-state index contributed by atoms with van der Waals surface area (Å²) < 4.78 is 13.9. The summed E-state index contributed by atoms with van der Waals surface area (Å²) in [4.78, 5) is 42.1. The Morgan fingerprint density at radius 1 is 1.32 bits per heavy atom. The van der Waals surface area contributed by atoms with Gasteiger partial charge in [-0.1, -0.05) is 12.1 Å². The highest BCUT2D eigenvalue weighted by molar-refractivity contribution is 5.76. The van der Waals surface area contributed by atoms with Crippen LogP contribution in [0.3, 0.4) is 0 Å². The lowest BCUT2D eigenvalue weighted by Crippen LogP contribution is -2.40. The van der Waals surface area contributed by atoms with Gasteiger partial charge in [0.05, 0.1) is 25.7 Å². The Labute approximate surface area is 160 Å². The molecule has 2 aromatic heterocycles. The molecule has 0 aliphatic carbocycles. The topological polar surface area (TPSA) is 97.4 Å². The van der Waals surface area contributed by atoms with Gasteiger partial charge in [0, 0.05) is 12.6 Å². The molecule has 0 bridgehead atoms. The maximum absolute atomic E-state index is 13.0. The highest BCUT2D eigenvalue weighted by atomic mass is 16.5. The van der Waals surface area contributed by atoms with E-state index < -0.39 is 17.2 Å². The summed E-state index contributed by atoms with van der Waals surface area (Å²) >= 11 is 0. The van der Waals surface area contributed by atoms with Crippen LogP contribution in [0.25, 0.3) is 16.9 Å². The van der Waals surface area contributed by atoms with Gasteiger partial charge in [0.25, 0.3) is 5.56 Å². The molecule has 9 heteroatoms. The standard InChI is InChI=1S/C19H20N4O5/c1-4-9-22-18(25)16-17(20-12-21(16)11-15(24)28-5-2)23(19(22)26)13-7-6-8-14(10-13)27-3/h4,6-8,10,12H,1,5,9,11H2,2-3H3. The number of aromatic nitrogens is 4. The number of hydrogen-bond acceptors (Lipinski definition) is 6. The van der Waals surface area contributed by atoms with Gasteiger partial charge in [-0.05, 0) is 19.1 Å². The van der Waals surface area contributed by atoms with E-state index in [9.17, 15) is 14.4 Å². The van der Waals surface area contributed by atoms with Crippen LogP contribution in [0, 0.1) is 0 Å². The largest absolute Gasteiger partial charge is 0.497 e. The fourth-order valence-electron chi connectivity index (χ4n) is 2.92. The molecule has 0 N–H and O–H groups in total. The number of methoxy groups -OCH3 is 1. The number of hydrogen-bond donors (Lipinski definition) is 0. The van der Waals surface area contributed by atoms with Crippen LogP contribution in [0.5, 0.6) is 5.75 Å². The van der Waals surface area contributed by atoms with Crippen LogP contribution in [0.2, 0.25) is 0 Å². The summed E-state index contributed by atoms with van der Waals surface area (Å²) in [5.74, 6) is 0.0422. The molecule has 0 aliphatic heterocycles. The summed E-state index contributed by atoms with van der Waals surface area (Å²) in [7, 11) is 1.52. The second-order valence-electron chi connectivity index (χ2n) is 5.87. The van der Waals surface area contributed by atoms with E-state index in [1.54, 1.807) is 31.2 Å². The number of nitrogens with zero attached hydrogens (tertiary/aromatic N) is 4. The van der Waals surface area contributed by atoms with Crippen LogP contribution >= 0.6 is 0 Å². The van der Waals surface area contributed by atoms with Gasteiger partial charge in [0.2, 0.25) is 0 Å². The molecule has 0 unspecified atom stereocenters. The first-order valence-corrected chi connectivity index (χ1v) is 8.63. The van der Waals surface area contributed by atoms with E-state index in [1.165, 1.54) is 28.6 Å². The molecule has 3 rings (SSSR count). The minimum atomic E-state index is -0.563. The van der Waals surface area contributed by atoms with Crippen molar-refractivity contribution in [1.82, 2.24) is 18.7 Å². The van der Waals surface area contributed by atoms with Gasteiger partial charge in [0.1, 0.15) is 12.3 Å². The van der Waals surface area contributed by atoms with Crippen molar-refractivity contribution >= 4 is 17.1 Å². The summed E-state index contributed by atoms with van der Waals surface area (Å²) in [6, 6.07) is 6.83. The molecule has 0 fully saturated rings. The maximum atomic E-state index is 13.0. The Balaban J connectivity index is 2.32. The van der Waals surface area contributed by atoms with Gasteiger partial charge in [0.15, 0.2) is 11.2 Å². The molecule has 1 aromatic carbocycles. The number of ether oxygens (including phenoxy) is 2. The Kier molecular flexibility index (Phi) is 5.44. The Morgan fingerprint density at radius 2 is 2.11 bits per heavy atom. The molecule has 0 atom stereocenters. The van der Waals surface area contributed by atoms with E-state index >= 15 is 0 Å². The van der Waals surface area contributed by atoms with Crippen molar-refractivity contribution in [3.8, 4) is 11.4 Å². The fraction of sp³-hybridized carbons (Fsp3) is 0.263. The number of carbonyl (C=O) groups excluding carboxylic acids is 1. The van der Waals surface area contributed by atoms with Crippen molar-refractivity contribution < 1.29 is 14.3 Å². The van der Waals surface area contributed by atoms with E-state index in [4.69, 9.17) is 9.47 Å². The second kappa shape index (κ2) is 7.95. The molecule has 146 valence electrons. The first-order valence-electron chi connectivity index (χ1n) is 8.63. The van der Waals surface area contributed by atoms with Gasteiger partial charge in [-0.2, -0.15) is 0 Å². The number of carbonyl (C=O) groups is 1. The molecule has 0 radical (unpaired) electrons. The monoisotopic (exact) mass is 384 g/mol. The summed E-state index contributed by atoms with van der Waals surface area (Å²) in [5, 5.41) is 0. The highest BCUT2D eigenvalue weighted by Gasteiger charge is 2.20. The highest BCUT2D eigenvalue weighted by Crippen LogP contribution is 2.18. The lowest BCUT2D eigenvalue weighted by atomic mass is 10.3. The van der Waals surface area contributed by atoms with Crippen LogP contribution in [0.1, 0.15) is 6.92 Å². The number of benzene rings is 1. The van der Waals surface area contributed by atoms with Crippen LogP contribution in [-0.2, 0) is 22.6 Å². The number of allylic oxidation sites excluding steroid dienone is 1. The molecule has 3 aromatic rings. The number of rotatable bonds is 7. The molecule has 2 heterocycles. The Hall–Kier alpha value is -3.62. The Bertz CT molecular complexity index is 1160. The van der Waals surface area contributed by atoms with Crippen molar-refractivity contribution in [2.75, 3.05) is 13.7 Å². The maximum Gasteiger partial charge on any atom is 0.337 e. The SMILES string of the molecule is C=CCn1c(=O)c2c(ncn2CC(=O)OCC)n(-c2cccc(OC)c2)c1=O. The molecule has 0 spiro atoms. The van der Waals surface area contributed by atoms with Crippen LogP contribution in [0.15, 0.2) is 52.8 Å². The molecule has 28 heavy (non-hydrogen) atoms. The lowest BCUT2D eigenvalue weighted by Gasteiger charge is -2.12. The van der Waals surface area contributed by atoms with Crippen molar-refractivity contribution in [3.05, 3.63) is 64.1 Å². The molecule has 0 amide bonds. The summed E-state index contributed by atoms with van der Waals surface area (Å²) in [6.07, 6.45) is 2.80. The zero-order valence-electron chi connectivity index (χ0n) is 15.6.